The molecule has 2 atom stereocenters. The number of β-amino-alcohol motifs (C(OH)–C–C–N with tert-alkyl or cyclic N) is 1. The van der Waals surface area contributed by atoms with E-state index >= 15 is 0 Å². The third-order valence-electron chi connectivity index (χ3n) is 6.53. The van der Waals surface area contributed by atoms with Crippen molar-refractivity contribution in [3.8, 4) is 0 Å². The third-order valence-corrected chi connectivity index (χ3v) is 6.53. The molecular weight excluding hydrogens is 272 g/mol. The van der Waals surface area contributed by atoms with Crippen molar-refractivity contribution in [1.82, 2.24) is 9.80 Å². The minimum Gasteiger partial charge on any atom is -0.390 e. The van der Waals surface area contributed by atoms with Crippen LogP contribution in [0.15, 0.2) is 0 Å². The predicted octanol–water partition coefficient (Wildman–Crippen LogP) is 2.98. The van der Waals surface area contributed by atoms with Crippen LogP contribution in [0.4, 0.5) is 0 Å². The van der Waals surface area contributed by atoms with Gasteiger partial charge in [-0.3, -0.25) is 9.80 Å². The van der Waals surface area contributed by atoms with Crippen molar-refractivity contribution in [2.45, 2.75) is 71.4 Å². The van der Waals surface area contributed by atoms with Gasteiger partial charge in [-0.1, -0.05) is 20.8 Å². The number of nitrogens with zero attached hydrogens (tertiary/aromatic N) is 2. The fourth-order valence-electron chi connectivity index (χ4n) is 5.00. The lowest BCUT2D eigenvalue weighted by Crippen LogP contribution is -2.41. The van der Waals surface area contributed by atoms with Gasteiger partial charge in [0.15, 0.2) is 0 Å². The molecule has 0 aromatic heterocycles. The maximum absolute atomic E-state index is 10.4. The van der Waals surface area contributed by atoms with Crippen molar-refractivity contribution in [3.63, 3.8) is 0 Å². The Morgan fingerprint density at radius 2 is 1.59 bits per heavy atom. The van der Waals surface area contributed by atoms with E-state index in [9.17, 15) is 5.11 Å². The van der Waals surface area contributed by atoms with Crippen LogP contribution in [0, 0.1) is 17.3 Å². The van der Waals surface area contributed by atoms with Gasteiger partial charge >= 0.3 is 0 Å². The highest BCUT2D eigenvalue weighted by Gasteiger charge is 2.38. The molecular formula is C19H36N2O. The van der Waals surface area contributed by atoms with E-state index in [-0.39, 0.29) is 6.10 Å². The highest BCUT2D eigenvalue weighted by molar-refractivity contribution is 4.93. The molecule has 0 aromatic carbocycles. The molecule has 0 radical (unpaired) electrons. The molecule has 128 valence electrons. The number of hydrogen-bond donors (Lipinski definition) is 1. The standard InChI is InChI=1S/C19H36N2O/c1-19(2,3)16-8-6-15(7-9-16)12-20-13-17(18(22)14-20)21-10-4-5-11-21/h15-18,22H,4-14H2,1-3H3/t15?,16?,17-,18+/m1/s1. The molecule has 2 aliphatic heterocycles. The molecule has 1 saturated carbocycles. The first kappa shape index (κ1) is 16.7. The fourth-order valence-corrected chi connectivity index (χ4v) is 5.00. The lowest BCUT2D eigenvalue weighted by atomic mass is 9.70. The van der Waals surface area contributed by atoms with Gasteiger partial charge in [0, 0.05) is 25.7 Å². The zero-order chi connectivity index (χ0) is 15.7. The van der Waals surface area contributed by atoms with Crippen molar-refractivity contribution >= 4 is 0 Å². The van der Waals surface area contributed by atoms with E-state index in [4.69, 9.17) is 0 Å². The summed E-state index contributed by atoms with van der Waals surface area (Å²) in [5.74, 6) is 1.77. The molecule has 2 heterocycles. The van der Waals surface area contributed by atoms with Crippen molar-refractivity contribution < 1.29 is 5.11 Å². The van der Waals surface area contributed by atoms with Crippen LogP contribution in [0.2, 0.25) is 0 Å². The first-order valence-corrected chi connectivity index (χ1v) is 9.58. The Hall–Kier alpha value is -0.120. The molecule has 22 heavy (non-hydrogen) atoms. The number of aliphatic hydroxyl groups is 1. The van der Waals surface area contributed by atoms with Gasteiger partial charge < -0.3 is 5.11 Å². The minimum absolute atomic E-state index is 0.121. The normalized spacial score (nSPS) is 38.7. The molecule has 1 aliphatic carbocycles. The molecule has 0 bridgehead atoms. The molecule has 0 spiro atoms. The maximum Gasteiger partial charge on any atom is 0.0834 e. The summed E-state index contributed by atoms with van der Waals surface area (Å²) in [5, 5.41) is 10.4. The highest BCUT2D eigenvalue weighted by Crippen LogP contribution is 2.40. The molecule has 3 aliphatic rings. The molecule has 0 unspecified atom stereocenters. The monoisotopic (exact) mass is 308 g/mol. The van der Waals surface area contributed by atoms with Gasteiger partial charge in [0.25, 0.3) is 0 Å². The van der Waals surface area contributed by atoms with Gasteiger partial charge in [0.1, 0.15) is 0 Å². The van der Waals surface area contributed by atoms with E-state index in [1.54, 1.807) is 0 Å². The Balaban J connectivity index is 1.45. The van der Waals surface area contributed by atoms with E-state index in [1.807, 2.05) is 0 Å². The zero-order valence-corrected chi connectivity index (χ0v) is 14.9. The van der Waals surface area contributed by atoms with Crippen LogP contribution in [0.5, 0.6) is 0 Å². The van der Waals surface area contributed by atoms with Crippen LogP contribution < -0.4 is 0 Å². The second-order valence-corrected chi connectivity index (χ2v) is 9.18. The Labute approximate surface area is 137 Å². The Morgan fingerprint density at radius 1 is 0.955 bits per heavy atom. The van der Waals surface area contributed by atoms with Crippen LogP contribution in [0.1, 0.15) is 59.3 Å². The quantitative estimate of drug-likeness (QED) is 0.868. The topological polar surface area (TPSA) is 26.7 Å². The summed E-state index contributed by atoms with van der Waals surface area (Å²) in [5.41, 5.74) is 0.482. The molecule has 0 aromatic rings. The third kappa shape index (κ3) is 3.85. The zero-order valence-electron chi connectivity index (χ0n) is 14.9. The van der Waals surface area contributed by atoms with Gasteiger partial charge in [-0.15, -0.1) is 0 Å². The first-order valence-electron chi connectivity index (χ1n) is 9.58. The molecule has 1 N–H and O–H groups in total. The van der Waals surface area contributed by atoms with Gasteiger partial charge in [0.05, 0.1) is 6.10 Å². The lowest BCUT2D eigenvalue weighted by molar-refractivity contribution is 0.0970. The Kier molecular flexibility index (Phi) is 5.16. The summed E-state index contributed by atoms with van der Waals surface area (Å²) in [7, 11) is 0. The largest absolute Gasteiger partial charge is 0.390 e. The summed E-state index contributed by atoms with van der Waals surface area (Å²) in [6.07, 6.45) is 8.11. The van der Waals surface area contributed by atoms with E-state index in [0.29, 0.717) is 11.5 Å². The SMILES string of the molecule is CC(C)(C)C1CCC(CN2C[C@@H](N3CCCC3)[C@@H](O)C2)CC1. The minimum atomic E-state index is -0.121. The molecule has 2 saturated heterocycles. The Bertz CT molecular complexity index is 351. The number of rotatable bonds is 3. The number of hydrogen-bond acceptors (Lipinski definition) is 3. The fraction of sp³-hybridized carbons (Fsp3) is 1.00. The van der Waals surface area contributed by atoms with Crippen LogP contribution >= 0.6 is 0 Å². The first-order chi connectivity index (χ1) is 10.4. The highest BCUT2D eigenvalue weighted by atomic mass is 16.3. The summed E-state index contributed by atoms with van der Waals surface area (Å²) in [6, 6.07) is 0.411. The van der Waals surface area contributed by atoms with Gasteiger partial charge in [0.2, 0.25) is 0 Å². The van der Waals surface area contributed by atoms with Crippen molar-refractivity contribution in [2.75, 3.05) is 32.7 Å². The molecule has 3 heteroatoms. The number of likely N-dealkylation sites (tertiary alicyclic amines) is 2. The summed E-state index contributed by atoms with van der Waals surface area (Å²) >= 11 is 0. The molecule has 3 fully saturated rings. The average molecular weight is 309 g/mol. The van der Waals surface area contributed by atoms with E-state index in [0.717, 1.165) is 24.9 Å². The van der Waals surface area contributed by atoms with Crippen LogP contribution in [-0.2, 0) is 0 Å². The lowest BCUT2D eigenvalue weighted by Gasteiger charge is -2.38. The molecule has 3 nitrogen and oxygen atoms in total. The maximum atomic E-state index is 10.4. The van der Waals surface area contributed by atoms with Gasteiger partial charge in [-0.2, -0.15) is 0 Å². The van der Waals surface area contributed by atoms with E-state index in [1.165, 1.54) is 58.2 Å². The average Bonchev–Trinajstić information content (AvgIpc) is 3.08. The second kappa shape index (κ2) is 6.78. The Morgan fingerprint density at radius 3 is 2.18 bits per heavy atom. The van der Waals surface area contributed by atoms with Gasteiger partial charge in [-0.05, 0) is 68.9 Å². The van der Waals surface area contributed by atoms with Crippen LogP contribution in [0.3, 0.4) is 0 Å². The smallest absolute Gasteiger partial charge is 0.0834 e. The van der Waals surface area contributed by atoms with Gasteiger partial charge in [-0.25, -0.2) is 0 Å². The van der Waals surface area contributed by atoms with Crippen molar-refractivity contribution in [3.05, 3.63) is 0 Å². The van der Waals surface area contributed by atoms with Crippen molar-refractivity contribution in [2.24, 2.45) is 17.3 Å². The van der Waals surface area contributed by atoms with E-state index in [2.05, 4.69) is 30.6 Å². The van der Waals surface area contributed by atoms with E-state index < -0.39 is 0 Å². The summed E-state index contributed by atoms with van der Waals surface area (Å²) in [6.45, 7) is 12.8. The van der Waals surface area contributed by atoms with Crippen LogP contribution in [-0.4, -0.2) is 59.8 Å². The predicted molar refractivity (Wildman–Crippen MR) is 91.9 cm³/mol. The van der Waals surface area contributed by atoms with Crippen LogP contribution in [0.25, 0.3) is 0 Å². The summed E-state index contributed by atoms with van der Waals surface area (Å²) in [4.78, 5) is 5.08. The second-order valence-electron chi connectivity index (χ2n) is 9.18. The summed E-state index contributed by atoms with van der Waals surface area (Å²) < 4.78 is 0. The number of aliphatic hydroxyl groups excluding tert-OH is 1. The molecule has 3 rings (SSSR count). The van der Waals surface area contributed by atoms with Crippen molar-refractivity contribution in [1.29, 1.82) is 0 Å². The molecule has 0 amide bonds.